The van der Waals surface area contributed by atoms with Crippen molar-refractivity contribution in [2.45, 2.75) is 6.92 Å². The number of nitrogens with zero attached hydrogens (tertiary/aromatic N) is 1. The van der Waals surface area contributed by atoms with Crippen LogP contribution < -0.4 is 0 Å². The largest absolute Gasteiger partial charge is 0.192 e. The standard InChI is InChI=1S/C12H8BrN/c1-8-2-5-11-9(6-8)3-4-10(7-14)12(11)13/h2-6H,1H3. The van der Waals surface area contributed by atoms with Gasteiger partial charge in [-0.25, -0.2) is 0 Å². The normalized spacial score (nSPS) is 10.1. The zero-order valence-electron chi connectivity index (χ0n) is 7.71. The second-order valence-electron chi connectivity index (χ2n) is 3.26. The Morgan fingerprint density at radius 2 is 2.00 bits per heavy atom. The van der Waals surface area contributed by atoms with Crippen molar-refractivity contribution in [2.75, 3.05) is 0 Å². The first-order chi connectivity index (χ1) is 6.72. The van der Waals surface area contributed by atoms with E-state index >= 15 is 0 Å². The van der Waals surface area contributed by atoms with E-state index in [2.05, 4.69) is 35.0 Å². The fourth-order valence-electron chi connectivity index (χ4n) is 1.50. The maximum atomic E-state index is 8.85. The van der Waals surface area contributed by atoms with Gasteiger partial charge in [-0.15, -0.1) is 0 Å². The number of hydrogen-bond donors (Lipinski definition) is 0. The Morgan fingerprint density at radius 1 is 1.21 bits per heavy atom. The summed E-state index contributed by atoms with van der Waals surface area (Å²) in [5, 5.41) is 11.1. The molecular weight excluding hydrogens is 238 g/mol. The molecule has 0 atom stereocenters. The molecular formula is C12H8BrN. The van der Waals surface area contributed by atoms with Crippen molar-refractivity contribution in [2.24, 2.45) is 0 Å². The molecule has 0 aliphatic carbocycles. The molecule has 0 fully saturated rings. The molecule has 0 bridgehead atoms. The first-order valence-corrected chi connectivity index (χ1v) is 5.10. The number of fused-ring (bicyclic) bond motifs is 1. The van der Waals surface area contributed by atoms with E-state index in [-0.39, 0.29) is 0 Å². The number of nitriles is 1. The predicted octanol–water partition coefficient (Wildman–Crippen LogP) is 3.78. The lowest BCUT2D eigenvalue weighted by Gasteiger charge is -2.03. The zero-order chi connectivity index (χ0) is 10.1. The van der Waals surface area contributed by atoms with Gasteiger partial charge in [-0.1, -0.05) is 29.8 Å². The summed E-state index contributed by atoms with van der Waals surface area (Å²) in [4.78, 5) is 0. The van der Waals surface area contributed by atoms with Crippen molar-refractivity contribution in [1.29, 1.82) is 5.26 Å². The van der Waals surface area contributed by atoms with Gasteiger partial charge in [0.1, 0.15) is 6.07 Å². The molecule has 2 rings (SSSR count). The monoisotopic (exact) mass is 245 g/mol. The highest BCUT2D eigenvalue weighted by Crippen LogP contribution is 2.27. The second kappa shape index (κ2) is 3.43. The second-order valence-corrected chi connectivity index (χ2v) is 4.06. The summed E-state index contributed by atoms with van der Waals surface area (Å²) in [6.45, 7) is 2.06. The highest BCUT2D eigenvalue weighted by atomic mass is 79.9. The fraction of sp³-hybridized carbons (Fsp3) is 0.0833. The number of hydrogen-bond acceptors (Lipinski definition) is 1. The van der Waals surface area contributed by atoms with Crippen LogP contribution in [0.2, 0.25) is 0 Å². The molecule has 0 saturated heterocycles. The van der Waals surface area contributed by atoms with Crippen molar-refractivity contribution >= 4 is 26.7 Å². The first-order valence-electron chi connectivity index (χ1n) is 4.31. The summed E-state index contributed by atoms with van der Waals surface area (Å²) >= 11 is 3.44. The minimum Gasteiger partial charge on any atom is -0.192 e. The fourth-order valence-corrected chi connectivity index (χ4v) is 2.08. The number of rotatable bonds is 0. The smallest absolute Gasteiger partial charge is 0.100 e. The van der Waals surface area contributed by atoms with Gasteiger partial charge in [0.2, 0.25) is 0 Å². The molecule has 0 aromatic heterocycles. The summed E-state index contributed by atoms with van der Waals surface area (Å²) in [6, 6.07) is 12.2. The molecule has 0 unspecified atom stereocenters. The van der Waals surface area contributed by atoms with Gasteiger partial charge in [0, 0.05) is 4.47 Å². The summed E-state index contributed by atoms with van der Waals surface area (Å²) in [6.07, 6.45) is 0. The third-order valence-corrected chi connectivity index (χ3v) is 3.08. The van der Waals surface area contributed by atoms with Crippen LogP contribution in [0.5, 0.6) is 0 Å². The Hall–Kier alpha value is -1.33. The lowest BCUT2D eigenvalue weighted by Crippen LogP contribution is -1.81. The van der Waals surface area contributed by atoms with Gasteiger partial charge in [0.25, 0.3) is 0 Å². The van der Waals surface area contributed by atoms with Crippen molar-refractivity contribution in [3.8, 4) is 6.07 Å². The zero-order valence-corrected chi connectivity index (χ0v) is 9.30. The Bertz CT molecular complexity index is 538. The van der Waals surface area contributed by atoms with E-state index in [4.69, 9.17) is 5.26 Å². The van der Waals surface area contributed by atoms with Gasteiger partial charge in [0.15, 0.2) is 0 Å². The molecule has 0 saturated carbocycles. The summed E-state index contributed by atoms with van der Waals surface area (Å²) in [7, 11) is 0. The van der Waals surface area contributed by atoms with Gasteiger partial charge in [0.05, 0.1) is 5.56 Å². The summed E-state index contributed by atoms with van der Waals surface area (Å²) < 4.78 is 0.887. The Kier molecular flexibility index (Phi) is 2.26. The van der Waals surface area contributed by atoms with Crippen LogP contribution >= 0.6 is 15.9 Å². The highest BCUT2D eigenvalue weighted by molar-refractivity contribution is 9.10. The third kappa shape index (κ3) is 1.40. The molecule has 2 heteroatoms. The van der Waals surface area contributed by atoms with Crippen LogP contribution in [0.25, 0.3) is 10.8 Å². The molecule has 68 valence electrons. The van der Waals surface area contributed by atoms with Gasteiger partial charge in [-0.05, 0) is 39.7 Å². The van der Waals surface area contributed by atoms with E-state index in [9.17, 15) is 0 Å². The maximum Gasteiger partial charge on any atom is 0.100 e. The van der Waals surface area contributed by atoms with Crippen LogP contribution in [0.4, 0.5) is 0 Å². The van der Waals surface area contributed by atoms with Gasteiger partial charge < -0.3 is 0 Å². The predicted molar refractivity (Wildman–Crippen MR) is 61.1 cm³/mol. The van der Waals surface area contributed by atoms with E-state index in [1.165, 1.54) is 5.56 Å². The molecule has 0 heterocycles. The van der Waals surface area contributed by atoms with Gasteiger partial charge in [-0.3, -0.25) is 0 Å². The van der Waals surface area contributed by atoms with Gasteiger partial charge in [-0.2, -0.15) is 5.26 Å². The van der Waals surface area contributed by atoms with Crippen LogP contribution in [0, 0.1) is 18.3 Å². The van der Waals surface area contributed by atoms with Crippen LogP contribution in [0.3, 0.4) is 0 Å². The van der Waals surface area contributed by atoms with E-state index in [1.54, 1.807) is 0 Å². The molecule has 0 amide bonds. The SMILES string of the molecule is Cc1ccc2c(Br)c(C#N)ccc2c1. The average Bonchev–Trinajstić information content (AvgIpc) is 2.18. The topological polar surface area (TPSA) is 23.8 Å². The van der Waals surface area contributed by atoms with E-state index < -0.39 is 0 Å². The first kappa shape index (κ1) is 9.23. The minimum absolute atomic E-state index is 0.682. The molecule has 0 aliphatic rings. The summed E-state index contributed by atoms with van der Waals surface area (Å²) in [5.41, 5.74) is 1.91. The number of aryl methyl sites for hydroxylation is 1. The molecule has 1 nitrogen and oxygen atoms in total. The van der Waals surface area contributed by atoms with Crippen molar-refractivity contribution in [3.05, 3.63) is 45.9 Å². The molecule has 14 heavy (non-hydrogen) atoms. The molecule has 0 radical (unpaired) electrons. The average molecular weight is 246 g/mol. The van der Waals surface area contributed by atoms with E-state index in [0.29, 0.717) is 5.56 Å². The lowest BCUT2D eigenvalue weighted by molar-refractivity contribution is 1.47. The Balaban J connectivity index is 2.85. The van der Waals surface area contributed by atoms with Crippen molar-refractivity contribution < 1.29 is 0 Å². The highest BCUT2D eigenvalue weighted by Gasteiger charge is 2.03. The lowest BCUT2D eigenvalue weighted by atomic mass is 10.1. The molecule has 0 aliphatic heterocycles. The minimum atomic E-state index is 0.682. The van der Waals surface area contributed by atoms with Crippen molar-refractivity contribution in [3.63, 3.8) is 0 Å². The summed E-state index contributed by atoms with van der Waals surface area (Å²) in [5.74, 6) is 0. The van der Waals surface area contributed by atoms with Crippen LogP contribution in [-0.2, 0) is 0 Å². The van der Waals surface area contributed by atoms with Crippen LogP contribution in [-0.4, -0.2) is 0 Å². The van der Waals surface area contributed by atoms with E-state index in [0.717, 1.165) is 15.2 Å². The molecule has 2 aromatic carbocycles. The Labute approximate surface area is 91.1 Å². The van der Waals surface area contributed by atoms with Crippen LogP contribution in [0.15, 0.2) is 34.8 Å². The molecule has 2 aromatic rings. The number of halogens is 1. The van der Waals surface area contributed by atoms with E-state index in [1.807, 2.05) is 24.3 Å². The van der Waals surface area contributed by atoms with Crippen LogP contribution in [0.1, 0.15) is 11.1 Å². The molecule has 0 N–H and O–H groups in total. The number of benzene rings is 2. The van der Waals surface area contributed by atoms with Gasteiger partial charge >= 0.3 is 0 Å². The van der Waals surface area contributed by atoms with Crippen molar-refractivity contribution in [1.82, 2.24) is 0 Å². The third-order valence-electron chi connectivity index (χ3n) is 2.23. The maximum absolute atomic E-state index is 8.85. The molecule has 0 spiro atoms. The Morgan fingerprint density at radius 3 is 2.71 bits per heavy atom. The quantitative estimate of drug-likeness (QED) is 0.693.